The summed E-state index contributed by atoms with van der Waals surface area (Å²) in [4.78, 5) is 0. The molecule has 0 bridgehead atoms. The molecule has 0 atom stereocenters. The maximum Gasteiger partial charge on any atom is -1.00 e. The van der Waals surface area contributed by atoms with Crippen LogP contribution in [-0.2, 0) is 23.3 Å². The van der Waals surface area contributed by atoms with E-state index in [9.17, 15) is 0 Å². The second kappa shape index (κ2) is 5.57. The van der Waals surface area contributed by atoms with Crippen molar-refractivity contribution in [3.63, 3.8) is 0 Å². The van der Waals surface area contributed by atoms with Gasteiger partial charge in [-0.3, -0.25) is 0 Å². The molecule has 3 heteroatoms. The molecule has 0 unspecified atom stereocenters. The molecule has 1 rings (SSSR count). The van der Waals surface area contributed by atoms with E-state index in [0.717, 1.165) is 10.8 Å². The number of ether oxygens (including phenoxy) is 1. The standard InChI is InChI=1S/C8H9O.ClH.Zn/c1-7-5-3-4-6-8(7)9-2;;/h3-6H,1H2,2H3;1H;/q;;+1/p-1. The summed E-state index contributed by atoms with van der Waals surface area (Å²) in [7, 11) is 1.72. The van der Waals surface area contributed by atoms with Gasteiger partial charge in [-0.1, -0.05) is 0 Å². The number of benzene rings is 1. The largest absolute Gasteiger partial charge is 1.00 e. The molecule has 0 saturated carbocycles. The van der Waals surface area contributed by atoms with Crippen LogP contribution < -0.4 is 17.1 Å². The van der Waals surface area contributed by atoms with Crippen LogP contribution >= 0.6 is 0 Å². The van der Waals surface area contributed by atoms with Gasteiger partial charge in [0, 0.05) is 0 Å². The molecule has 0 saturated heterocycles. The van der Waals surface area contributed by atoms with Gasteiger partial charge in [0.05, 0.1) is 0 Å². The zero-order valence-electron chi connectivity index (χ0n) is 6.51. The number of methoxy groups -OCH3 is 1. The molecule has 0 aliphatic carbocycles. The molecule has 1 nitrogen and oxygen atoms in total. The summed E-state index contributed by atoms with van der Waals surface area (Å²) in [5.41, 5.74) is 1.32. The number of rotatable bonds is 2. The summed E-state index contributed by atoms with van der Waals surface area (Å²) in [5, 5.41) is 1.16. The number of hydrogen-bond acceptors (Lipinski definition) is 1. The van der Waals surface area contributed by atoms with E-state index in [1.165, 1.54) is 23.9 Å². The van der Waals surface area contributed by atoms with Crippen molar-refractivity contribution in [2.24, 2.45) is 0 Å². The Morgan fingerprint density at radius 1 is 1.36 bits per heavy atom. The third-order valence-electron chi connectivity index (χ3n) is 1.46. The number of hydrogen-bond donors (Lipinski definition) is 0. The van der Waals surface area contributed by atoms with Gasteiger partial charge >= 0.3 is 70.7 Å². The van der Waals surface area contributed by atoms with Crippen molar-refractivity contribution >= 4 is 0 Å². The monoisotopic (exact) mass is 220 g/mol. The Labute approximate surface area is 83.2 Å². The maximum atomic E-state index is 5.16. The number of para-hydroxylation sites is 1. The van der Waals surface area contributed by atoms with Crippen molar-refractivity contribution in [1.82, 2.24) is 0 Å². The number of halogens is 1. The summed E-state index contributed by atoms with van der Waals surface area (Å²) in [6, 6.07) is 8.17. The first-order chi connectivity index (χ1) is 4.88. The second-order valence-corrected chi connectivity index (χ2v) is 3.11. The Hall–Kier alpha value is -0.0666. The zero-order valence-corrected chi connectivity index (χ0v) is 10.2. The Kier molecular flexibility index (Phi) is 5.53. The van der Waals surface area contributed by atoms with Crippen LogP contribution in [0.15, 0.2) is 24.3 Å². The van der Waals surface area contributed by atoms with Gasteiger partial charge in [-0.05, 0) is 0 Å². The fraction of sp³-hybridized carbons (Fsp3) is 0.250. The molecule has 0 fully saturated rings. The van der Waals surface area contributed by atoms with Crippen LogP contribution in [0.3, 0.4) is 0 Å². The predicted octanol–water partition coefficient (Wildman–Crippen LogP) is -1.25. The van der Waals surface area contributed by atoms with Crippen molar-refractivity contribution in [3.05, 3.63) is 29.8 Å². The first kappa shape index (κ1) is 10.9. The fourth-order valence-corrected chi connectivity index (χ4v) is 1.78. The molecular formula is C8H9ClOZn. The van der Waals surface area contributed by atoms with Gasteiger partial charge < -0.3 is 12.4 Å². The molecule has 0 spiro atoms. The average Bonchev–Trinajstić information content (AvgIpc) is 2.04. The van der Waals surface area contributed by atoms with Crippen LogP contribution in [-0.4, -0.2) is 7.11 Å². The van der Waals surface area contributed by atoms with E-state index in [0.29, 0.717) is 0 Å². The van der Waals surface area contributed by atoms with E-state index in [1.807, 2.05) is 18.2 Å². The maximum absolute atomic E-state index is 5.16. The van der Waals surface area contributed by atoms with Gasteiger partial charge in [-0.15, -0.1) is 0 Å². The van der Waals surface area contributed by atoms with Crippen molar-refractivity contribution in [2.75, 3.05) is 7.11 Å². The molecule has 11 heavy (non-hydrogen) atoms. The quantitative estimate of drug-likeness (QED) is 0.568. The molecule has 56 valence electrons. The van der Waals surface area contributed by atoms with Gasteiger partial charge in [-0.25, -0.2) is 0 Å². The molecular weight excluding hydrogens is 213 g/mol. The zero-order chi connectivity index (χ0) is 7.40. The van der Waals surface area contributed by atoms with Gasteiger partial charge in [0.2, 0.25) is 0 Å². The summed E-state index contributed by atoms with van der Waals surface area (Å²) in [6.45, 7) is 0. The van der Waals surface area contributed by atoms with E-state index in [4.69, 9.17) is 4.74 Å². The summed E-state index contributed by atoms with van der Waals surface area (Å²) < 4.78 is 5.16. The minimum Gasteiger partial charge on any atom is -1.00 e. The Bertz CT molecular complexity index is 192. The van der Waals surface area contributed by atoms with E-state index in [2.05, 4.69) is 6.07 Å². The second-order valence-electron chi connectivity index (χ2n) is 2.06. The predicted molar refractivity (Wildman–Crippen MR) is 36.7 cm³/mol. The summed E-state index contributed by atoms with van der Waals surface area (Å²) in [6.07, 6.45) is 0. The first-order valence-corrected chi connectivity index (χ1v) is 5.39. The Balaban J connectivity index is 0.000001000. The third kappa shape index (κ3) is 2.80. The van der Waals surface area contributed by atoms with Crippen LogP contribution in [0.1, 0.15) is 5.56 Å². The van der Waals surface area contributed by atoms with Crippen molar-refractivity contribution in [1.29, 1.82) is 0 Å². The molecule has 0 heterocycles. The van der Waals surface area contributed by atoms with Crippen LogP contribution in [0, 0.1) is 0 Å². The van der Waals surface area contributed by atoms with Crippen LogP contribution in [0.25, 0.3) is 0 Å². The Morgan fingerprint density at radius 3 is 2.45 bits per heavy atom. The fourth-order valence-electron chi connectivity index (χ4n) is 0.910. The molecule has 0 aliphatic heterocycles. The first-order valence-electron chi connectivity index (χ1n) is 3.29. The van der Waals surface area contributed by atoms with Gasteiger partial charge in [0.15, 0.2) is 0 Å². The summed E-state index contributed by atoms with van der Waals surface area (Å²) >= 11 is 1.29. The minimum atomic E-state index is 0. The molecule has 1 aromatic rings. The normalized spacial score (nSPS) is 8.64. The van der Waals surface area contributed by atoms with Crippen LogP contribution in [0.4, 0.5) is 0 Å². The molecule has 0 N–H and O–H groups in total. The van der Waals surface area contributed by atoms with Gasteiger partial charge in [-0.2, -0.15) is 0 Å². The summed E-state index contributed by atoms with van der Waals surface area (Å²) in [5.74, 6) is 1.02. The van der Waals surface area contributed by atoms with Crippen molar-refractivity contribution in [3.8, 4) is 5.75 Å². The van der Waals surface area contributed by atoms with E-state index >= 15 is 0 Å². The molecule has 0 aromatic heterocycles. The SMILES string of the molecule is COc1ccccc1[CH2][Zn+].[Cl-]. The van der Waals surface area contributed by atoms with Crippen molar-refractivity contribution < 1.29 is 35.4 Å². The van der Waals surface area contributed by atoms with E-state index < -0.39 is 0 Å². The average molecular weight is 222 g/mol. The minimum absolute atomic E-state index is 0. The molecule has 0 amide bonds. The van der Waals surface area contributed by atoms with Gasteiger partial charge in [0.1, 0.15) is 0 Å². The van der Waals surface area contributed by atoms with Gasteiger partial charge in [0.25, 0.3) is 0 Å². The molecule has 1 aromatic carbocycles. The topological polar surface area (TPSA) is 9.23 Å². The molecule has 0 radical (unpaired) electrons. The van der Waals surface area contributed by atoms with E-state index in [-0.39, 0.29) is 12.4 Å². The third-order valence-corrected chi connectivity index (χ3v) is 2.59. The smallest absolute Gasteiger partial charge is 1.00 e. The Morgan fingerprint density at radius 2 is 2.00 bits per heavy atom. The van der Waals surface area contributed by atoms with Crippen LogP contribution in [0.5, 0.6) is 5.75 Å². The van der Waals surface area contributed by atoms with Crippen molar-refractivity contribution in [2.45, 2.75) is 5.02 Å². The molecule has 0 aliphatic rings. The van der Waals surface area contributed by atoms with E-state index in [1.54, 1.807) is 7.11 Å². The van der Waals surface area contributed by atoms with Crippen LogP contribution in [0.2, 0.25) is 0 Å².